The highest BCUT2D eigenvalue weighted by Crippen LogP contribution is 2.31. The highest BCUT2D eigenvalue weighted by atomic mass is 19.4. The number of unbranched alkanes of at least 4 members (excludes halogenated alkanes) is 4. The number of nitrogens with zero attached hydrogens (tertiary/aromatic N) is 1. The average Bonchev–Trinajstić information content (AvgIpc) is 2.79. The second kappa shape index (κ2) is 13.1. The molecule has 0 bridgehead atoms. The molecule has 0 aliphatic heterocycles. The van der Waals surface area contributed by atoms with E-state index in [4.69, 9.17) is 0 Å². The zero-order valence-electron chi connectivity index (χ0n) is 19.9. The van der Waals surface area contributed by atoms with Crippen LogP contribution in [0.3, 0.4) is 0 Å². The lowest BCUT2D eigenvalue weighted by Gasteiger charge is -2.25. The normalized spacial score (nSPS) is 11.3. The molecule has 2 aromatic carbocycles. The van der Waals surface area contributed by atoms with Crippen molar-refractivity contribution >= 4 is 23.0 Å². The monoisotopic (exact) mass is 463 g/mol. The van der Waals surface area contributed by atoms with Crippen molar-refractivity contribution in [3.05, 3.63) is 53.6 Å². The van der Waals surface area contributed by atoms with Crippen LogP contribution in [0.15, 0.2) is 42.5 Å². The van der Waals surface area contributed by atoms with Gasteiger partial charge in [0.05, 0.1) is 16.9 Å². The molecule has 0 spiro atoms. The highest BCUT2D eigenvalue weighted by Gasteiger charge is 2.29. The van der Waals surface area contributed by atoms with Crippen molar-refractivity contribution in [2.75, 3.05) is 28.6 Å². The fourth-order valence-corrected chi connectivity index (χ4v) is 3.69. The molecule has 33 heavy (non-hydrogen) atoms. The van der Waals surface area contributed by atoms with Crippen molar-refractivity contribution < 1.29 is 18.0 Å². The van der Waals surface area contributed by atoms with Gasteiger partial charge in [0.25, 0.3) is 0 Å². The maximum absolute atomic E-state index is 12.8. The zero-order chi connectivity index (χ0) is 24.3. The Bertz CT molecular complexity index is 862. The summed E-state index contributed by atoms with van der Waals surface area (Å²) in [5.41, 5.74) is 2.65. The van der Waals surface area contributed by atoms with Gasteiger partial charge in [-0.05, 0) is 56.2 Å². The fraction of sp³-hybridized carbons (Fsp3) is 0.500. The molecule has 0 aromatic heterocycles. The molecule has 1 amide bonds. The van der Waals surface area contributed by atoms with Gasteiger partial charge in [-0.25, -0.2) is 0 Å². The Hall–Kier alpha value is -2.70. The molecular formula is C26H36F3N3O. The molecule has 0 saturated heterocycles. The van der Waals surface area contributed by atoms with Crippen molar-refractivity contribution in [3.63, 3.8) is 0 Å². The maximum Gasteiger partial charge on any atom is 0.416 e. The minimum atomic E-state index is -4.33. The number of nitrogens with one attached hydrogen (secondary N) is 2. The number of alkyl halides is 3. The third kappa shape index (κ3) is 8.63. The summed E-state index contributed by atoms with van der Waals surface area (Å²) in [7, 11) is 0. The number of benzene rings is 2. The van der Waals surface area contributed by atoms with Gasteiger partial charge in [-0.3, -0.25) is 4.79 Å². The first-order valence-electron chi connectivity index (χ1n) is 11.9. The van der Waals surface area contributed by atoms with Gasteiger partial charge in [0.2, 0.25) is 5.91 Å². The van der Waals surface area contributed by atoms with Crippen molar-refractivity contribution in [3.8, 4) is 0 Å². The molecule has 182 valence electrons. The molecule has 4 nitrogen and oxygen atoms in total. The number of rotatable bonds is 13. The summed E-state index contributed by atoms with van der Waals surface area (Å²) >= 11 is 0. The first-order chi connectivity index (χ1) is 15.8. The van der Waals surface area contributed by atoms with Gasteiger partial charge in [0, 0.05) is 31.7 Å². The van der Waals surface area contributed by atoms with Crippen LogP contribution >= 0.6 is 0 Å². The molecule has 0 heterocycles. The SMILES string of the molecule is CCCCCCCC(=O)Nc1ccc(NCc2ccc(C(F)(F)F)cc2)cc1N(CC)CC. The van der Waals surface area contributed by atoms with Gasteiger partial charge in [-0.15, -0.1) is 0 Å². The van der Waals surface area contributed by atoms with Crippen molar-refractivity contribution in [1.82, 2.24) is 0 Å². The lowest BCUT2D eigenvalue weighted by Crippen LogP contribution is -2.24. The van der Waals surface area contributed by atoms with E-state index >= 15 is 0 Å². The van der Waals surface area contributed by atoms with Crippen LogP contribution in [0.5, 0.6) is 0 Å². The number of hydrogen-bond acceptors (Lipinski definition) is 3. The van der Waals surface area contributed by atoms with Crippen LogP contribution in [-0.2, 0) is 17.5 Å². The number of halogens is 3. The first kappa shape index (κ1) is 26.6. The third-order valence-corrected chi connectivity index (χ3v) is 5.66. The van der Waals surface area contributed by atoms with Gasteiger partial charge < -0.3 is 15.5 Å². The quantitative estimate of drug-likeness (QED) is 0.303. The Balaban J connectivity index is 2.05. The molecular weight excluding hydrogens is 427 g/mol. The van der Waals surface area contributed by atoms with Gasteiger partial charge in [0.15, 0.2) is 0 Å². The summed E-state index contributed by atoms with van der Waals surface area (Å²) in [5, 5.41) is 6.33. The van der Waals surface area contributed by atoms with E-state index in [0.717, 1.165) is 67.1 Å². The van der Waals surface area contributed by atoms with E-state index < -0.39 is 11.7 Å². The minimum Gasteiger partial charge on any atom is -0.381 e. The Morgan fingerprint density at radius 3 is 2.18 bits per heavy atom. The molecule has 0 radical (unpaired) electrons. The van der Waals surface area contributed by atoms with E-state index in [-0.39, 0.29) is 5.91 Å². The zero-order valence-corrected chi connectivity index (χ0v) is 19.9. The van der Waals surface area contributed by atoms with Crippen LogP contribution < -0.4 is 15.5 Å². The lowest BCUT2D eigenvalue weighted by atomic mass is 10.1. The molecule has 0 aliphatic carbocycles. The standard InChI is InChI=1S/C26H36F3N3O/c1-4-7-8-9-10-11-25(33)31-23-17-16-22(18-24(23)32(5-2)6-3)30-19-20-12-14-21(15-13-20)26(27,28)29/h12-18,30H,4-11,19H2,1-3H3,(H,31,33). The van der Waals surface area contributed by atoms with Crippen molar-refractivity contribution in [1.29, 1.82) is 0 Å². The molecule has 0 aliphatic rings. The van der Waals surface area contributed by atoms with Gasteiger partial charge in [0.1, 0.15) is 0 Å². The molecule has 0 unspecified atom stereocenters. The van der Waals surface area contributed by atoms with Crippen molar-refractivity contribution in [2.45, 2.75) is 72.0 Å². The van der Waals surface area contributed by atoms with E-state index in [1.54, 1.807) is 0 Å². The number of hydrogen-bond donors (Lipinski definition) is 2. The van der Waals surface area contributed by atoms with E-state index in [0.29, 0.717) is 13.0 Å². The molecule has 0 atom stereocenters. The largest absolute Gasteiger partial charge is 0.416 e. The molecule has 2 aromatic rings. The van der Waals surface area contributed by atoms with Gasteiger partial charge in [-0.2, -0.15) is 13.2 Å². The van der Waals surface area contributed by atoms with Crippen LogP contribution in [0.4, 0.5) is 30.2 Å². The lowest BCUT2D eigenvalue weighted by molar-refractivity contribution is -0.137. The second-order valence-corrected chi connectivity index (χ2v) is 8.16. The predicted molar refractivity (Wildman–Crippen MR) is 131 cm³/mol. The molecule has 0 saturated carbocycles. The molecule has 0 fully saturated rings. The minimum absolute atomic E-state index is 0.0189. The van der Waals surface area contributed by atoms with Crippen molar-refractivity contribution in [2.24, 2.45) is 0 Å². The smallest absolute Gasteiger partial charge is 0.381 e. The molecule has 2 N–H and O–H groups in total. The second-order valence-electron chi connectivity index (χ2n) is 8.16. The van der Waals surface area contributed by atoms with E-state index in [1.807, 2.05) is 18.2 Å². The fourth-order valence-electron chi connectivity index (χ4n) is 3.69. The van der Waals surface area contributed by atoms with Crippen LogP contribution in [0.25, 0.3) is 0 Å². The summed E-state index contributed by atoms with van der Waals surface area (Å²) in [6.45, 7) is 8.27. The number of carbonyl (C=O) groups is 1. The van der Waals surface area contributed by atoms with E-state index in [2.05, 4.69) is 36.3 Å². The Morgan fingerprint density at radius 1 is 0.909 bits per heavy atom. The van der Waals surface area contributed by atoms with Crippen LogP contribution in [0.1, 0.15) is 70.4 Å². The maximum atomic E-state index is 12.8. The Labute approximate surface area is 195 Å². The summed E-state index contributed by atoms with van der Waals surface area (Å²) in [5.74, 6) is 0.0189. The number of amides is 1. The highest BCUT2D eigenvalue weighted by molar-refractivity contribution is 5.95. The first-order valence-corrected chi connectivity index (χ1v) is 11.9. The number of anilines is 3. The molecule has 7 heteroatoms. The van der Waals surface area contributed by atoms with E-state index in [9.17, 15) is 18.0 Å². The summed E-state index contributed by atoms with van der Waals surface area (Å²) < 4.78 is 38.3. The van der Waals surface area contributed by atoms with Crippen LogP contribution in [0.2, 0.25) is 0 Å². The average molecular weight is 464 g/mol. The molecule has 2 rings (SSSR count). The summed E-state index contributed by atoms with van der Waals surface area (Å²) in [6.07, 6.45) is 1.67. The summed E-state index contributed by atoms with van der Waals surface area (Å²) in [6, 6.07) is 10.9. The predicted octanol–water partition coefficient (Wildman–Crippen LogP) is 7.46. The topological polar surface area (TPSA) is 44.4 Å². The van der Waals surface area contributed by atoms with E-state index in [1.165, 1.54) is 25.0 Å². The summed E-state index contributed by atoms with van der Waals surface area (Å²) in [4.78, 5) is 14.6. The third-order valence-electron chi connectivity index (χ3n) is 5.66. The van der Waals surface area contributed by atoms with Gasteiger partial charge in [-0.1, -0.05) is 44.7 Å². The Morgan fingerprint density at radius 2 is 1.58 bits per heavy atom. The van der Waals surface area contributed by atoms with Gasteiger partial charge >= 0.3 is 6.18 Å². The Kier molecular flexibility index (Phi) is 10.6. The van der Waals surface area contributed by atoms with Crippen LogP contribution in [0, 0.1) is 0 Å². The van der Waals surface area contributed by atoms with Crippen LogP contribution in [-0.4, -0.2) is 19.0 Å². The number of carbonyl (C=O) groups excluding carboxylic acids is 1.